The van der Waals surface area contributed by atoms with Crippen LogP contribution < -0.4 is 25.0 Å². The molecule has 2 unspecified atom stereocenters. The van der Waals surface area contributed by atoms with Crippen molar-refractivity contribution in [2.24, 2.45) is 0 Å². The molecule has 3 aromatic carbocycles. The zero-order chi connectivity index (χ0) is 51.3. The summed E-state index contributed by atoms with van der Waals surface area (Å²) in [5.74, 6) is 1.68. The highest BCUT2D eigenvalue weighted by molar-refractivity contribution is 6.35. The molecule has 0 spiro atoms. The monoisotopic (exact) mass is 1010 g/mol. The molecule has 6 aromatic rings. The van der Waals surface area contributed by atoms with Gasteiger partial charge < -0.3 is 44.6 Å². The highest BCUT2D eigenvalue weighted by Gasteiger charge is 2.30. The van der Waals surface area contributed by atoms with Crippen molar-refractivity contribution in [3.8, 4) is 17.2 Å². The number of halogens is 1. The Kier molecular flexibility index (Phi) is 17.4. The number of ether oxygens (including phenoxy) is 2. The van der Waals surface area contributed by atoms with Gasteiger partial charge in [0, 0.05) is 95.4 Å². The SMILES string of the molecule is CNC(=O)C(CCC=O)N(C)C(=O)c1ccc(OCCCCCN2CCN(c3ccc(C(=O)N4CCCC(Nc5ncnc6[nH]cc(C(=O)c7ccc(Oc8ccccc8)cc7Cl)c56)C4)cn3)CC2)cc1C=O. The van der Waals surface area contributed by atoms with Gasteiger partial charge >= 0.3 is 0 Å². The molecule has 0 radical (unpaired) electrons. The molecule has 380 valence electrons. The van der Waals surface area contributed by atoms with Crippen molar-refractivity contribution in [2.75, 3.05) is 76.7 Å². The van der Waals surface area contributed by atoms with Crippen molar-refractivity contribution in [1.29, 1.82) is 0 Å². The molecule has 0 bridgehead atoms. The molecule has 0 aliphatic carbocycles. The zero-order valence-electron chi connectivity index (χ0n) is 40.9. The van der Waals surface area contributed by atoms with Gasteiger partial charge in [0.2, 0.25) is 5.91 Å². The van der Waals surface area contributed by atoms with Gasteiger partial charge in [-0.3, -0.25) is 28.9 Å². The Morgan fingerprint density at radius 2 is 1.67 bits per heavy atom. The predicted octanol–water partition coefficient (Wildman–Crippen LogP) is 7.10. The fourth-order valence-corrected chi connectivity index (χ4v) is 9.53. The van der Waals surface area contributed by atoms with Crippen LogP contribution in [0.15, 0.2) is 97.6 Å². The number of aromatic amines is 1. The number of nitrogens with zero attached hydrogens (tertiary/aromatic N) is 7. The van der Waals surface area contributed by atoms with Gasteiger partial charge in [0.05, 0.1) is 33.7 Å². The summed E-state index contributed by atoms with van der Waals surface area (Å²) in [5, 5.41) is 6.83. The predicted molar refractivity (Wildman–Crippen MR) is 277 cm³/mol. The number of carbonyl (C=O) groups is 6. The van der Waals surface area contributed by atoms with E-state index in [2.05, 4.69) is 35.4 Å². The van der Waals surface area contributed by atoms with Crippen LogP contribution in [0.1, 0.15) is 91.9 Å². The highest BCUT2D eigenvalue weighted by Crippen LogP contribution is 2.32. The van der Waals surface area contributed by atoms with E-state index in [1.807, 2.05) is 47.4 Å². The Labute approximate surface area is 428 Å². The number of ketones is 1. The Bertz CT molecular complexity index is 2910. The highest BCUT2D eigenvalue weighted by atomic mass is 35.5. The van der Waals surface area contributed by atoms with Crippen LogP contribution in [0, 0.1) is 0 Å². The lowest BCUT2D eigenvalue weighted by Crippen LogP contribution is -2.47. The number of H-pyrrole nitrogens is 1. The van der Waals surface area contributed by atoms with Crippen LogP contribution >= 0.6 is 11.6 Å². The number of anilines is 2. The first kappa shape index (κ1) is 51.6. The number of fused-ring (bicyclic) bond motifs is 1. The molecule has 3 N–H and O–H groups in total. The molecule has 18 nitrogen and oxygen atoms in total. The number of hydrogen-bond acceptors (Lipinski definition) is 14. The number of rotatable bonds is 22. The molecule has 2 aliphatic rings. The minimum absolute atomic E-state index is 0.0959. The largest absolute Gasteiger partial charge is 0.494 e. The number of aldehydes is 2. The number of benzene rings is 3. The van der Waals surface area contributed by atoms with Gasteiger partial charge in [-0.15, -0.1) is 0 Å². The number of hydrogen-bond donors (Lipinski definition) is 3. The number of carbonyl (C=O) groups excluding carboxylic acids is 6. The third kappa shape index (κ3) is 12.7. The van der Waals surface area contributed by atoms with E-state index in [4.69, 9.17) is 26.1 Å². The maximum atomic E-state index is 14.0. The molecule has 5 heterocycles. The lowest BCUT2D eigenvalue weighted by molar-refractivity contribution is -0.125. The van der Waals surface area contributed by atoms with Crippen LogP contribution in [-0.2, 0) is 9.59 Å². The minimum Gasteiger partial charge on any atom is -0.494 e. The molecular formula is C54H59ClN10O8. The Morgan fingerprint density at radius 1 is 0.877 bits per heavy atom. The number of likely N-dealkylation sites (N-methyl/N-ethyl adjacent to an activating group) is 2. The molecule has 3 amide bonds. The van der Waals surface area contributed by atoms with Gasteiger partial charge in [0.1, 0.15) is 53.2 Å². The van der Waals surface area contributed by atoms with Gasteiger partial charge in [0.25, 0.3) is 11.8 Å². The van der Waals surface area contributed by atoms with E-state index in [0.717, 1.165) is 70.6 Å². The number of aromatic nitrogens is 4. The second-order valence-corrected chi connectivity index (χ2v) is 18.5. The number of piperazine rings is 1. The van der Waals surface area contributed by atoms with E-state index < -0.39 is 17.9 Å². The van der Waals surface area contributed by atoms with Crippen molar-refractivity contribution in [3.63, 3.8) is 0 Å². The van der Waals surface area contributed by atoms with Crippen molar-refractivity contribution in [2.45, 2.75) is 57.0 Å². The van der Waals surface area contributed by atoms with E-state index in [1.54, 1.807) is 36.7 Å². The fraction of sp³-hybridized carbons (Fsp3) is 0.352. The van der Waals surface area contributed by atoms with Crippen LogP contribution in [-0.4, -0.2) is 149 Å². The van der Waals surface area contributed by atoms with E-state index in [9.17, 15) is 28.8 Å². The summed E-state index contributed by atoms with van der Waals surface area (Å²) >= 11 is 6.65. The van der Waals surface area contributed by atoms with Crippen LogP contribution in [0.4, 0.5) is 11.6 Å². The summed E-state index contributed by atoms with van der Waals surface area (Å²) in [6.07, 6.45) is 10.6. The number of amides is 3. The molecule has 3 aromatic heterocycles. The third-order valence-electron chi connectivity index (χ3n) is 13.3. The van der Waals surface area contributed by atoms with Crippen molar-refractivity contribution in [1.82, 2.24) is 40.0 Å². The van der Waals surface area contributed by atoms with Crippen LogP contribution in [0.25, 0.3) is 11.0 Å². The number of pyridine rings is 1. The summed E-state index contributed by atoms with van der Waals surface area (Å²) in [6.45, 7) is 5.86. The maximum Gasteiger partial charge on any atom is 0.255 e. The van der Waals surface area contributed by atoms with Gasteiger partial charge in [-0.2, -0.15) is 0 Å². The van der Waals surface area contributed by atoms with Crippen molar-refractivity contribution in [3.05, 3.63) is 130 Å². The first-order valence-electron chi connectivity index (χ1n) is 24.6. The van der Waals surface area contributed by atoms with Crippen molar-refractivity contribution < 1.29 is 38.2 Å². The van der Waals surface area contributed by atoms with E-state index in [-0.39, 0.29) is 46.7 Å². The molecule has 8 rings (SSSR count). The van der Waals surface area contributed by atoms with Crippen LogP contribution in [0.5, 0.6) is 17.2 Å². The average Bonchev–Trinajstić information content (AvgIpc) is 3.87. The number of para-hydroxylation sites is 1. The zero-order valence-corrected chi connectivity index (χ0v) is 41.7. The smallest absolute Gasteiger partial charge is 0.255 e. The van der Waals surface area contributed by atoms with Crippen LogP contribution in [0.3, 0.4) is 0 Å². The number of nitrogens with one attached hydrogen (secondary N) is 3. The van der Waals surface area contributed by atoms with Gasteiger partial charge in [0.15, 0.2) is 12.1 Å². The topological polar surface area (TPSA) is 212 Å². The lowest BCUT2D eigenvalue weighted by atomic mass is 10.0. The van der Waals surface area contributed by atoms with E-state index in [1.165, 1.54) is 37.5 Å². The maximum absolute atomic E-state index is 14.0. The van der Waals surface area contributed by atoms with E-state index >= 15 is 0 Å². The second-order valence-electron chi connectivity index (χ2n) is 18.1. The molecule has 73 heavy (non-hydrogen) atoms. The molecule has 2 aliphatic heterocycles. The Balaban J connectivity index is 0.768. The number of likely N-dealkylation sites (tertiary alicyclic amines) is 1. The average molecular weight is 1010 g/mol. The fourth-order valence-electron chi connectivity index (χ4n) is 9.27. The number of piperidine rings is 1. The van der Waals surface area contributed by atoms with Crippen molar-refractivity contribution >= 4 is 70.3 Å². The number of unbranched alkanes of at least 4 members (excludes halogenated alkanes) is 2. The Hall–Kier alpha value is -7.70. The molecule has 0 saturated carbocycles. The quantitative estimate of drug-likeness (QED) is 0.0352. The molecular weight excluding hydrogens is 952 g/mol. The summed E-state index contributed by atoms with van der Waals surface area (Å²) in [4.78, 5) is 101. The van der Waals surface area contributed by atoms with Crippen LogP contribution in [0.2, 0.25) is 5.02 Å². The summed E-state index contributed by atoms with van der Waals surface area (Å²) in [7, 11) is 2.94. The lowest BCUT2D eigenvalue weighted by Gasteiger charge is -2.35. The third-order valence-corrected chi connectivity index (χ3v) is 13.6. The molecule has 2 saturated heterocycles. The first-order chi connectivity index (χ1) is 35.5. The molecule has 2 atom stereocenters. The van der Waals surface area contributed by atoms with Gasteiger partial charge in [-0.25, -0.2) is 15.0 Å². The normalized spacial score (nSPS) is 15.3. The minimum atomic E-state index is -0.851. The van der Waals surface area contributed by atoms with Gasteiger partial charge in [-0.1, -0.05) is 29.8 Å². The summed E-state index contributed by atoms with van der Waals surface area (Å²) in [5.41, 5.74) is 2.01. The molecule has 2 fully saturated rings. The first-order valence-corrected chi connectivity index (χ1v) is 25.0. The standard InChI is InChI=1S/C54H59ClN10O8/c1-56-52(69)46(14-10-27-66)62(2)54(71)42-18-16-40(29-37(42)34-67)72-28-8-4-7-21-63-23-25-64(26-24-63)47-20-15-36(31-57-47)53(70)65-22-9-11-38(33-65)61-51-48-44(32-58-50(48)59-35-60-51)49(68)43-19-17-41(30-45(43)55)73-39-12-5-3-6-13-39/h3,5-6,12-13,15-20,27,29-32,34-35,38,46H,4,7-11,14,21-26,28,33H2,1-2H3,(H,56,69)(H2,58,59,60,61). The molecule has 19 heteroatoms. The summed E-state index contributed by atoms with van der Waals surface area (Å²) in [6, 6.07) is 21.8. The Morgan fingerprint density at radius 3 is 2.41 bits per heavy atom. The van der Waals surface area contributed by atoms with E-state index in [0.29, 0.717) is 83.1 Å². The summed E-state index contributed by atoms with van der Waals surface area (Å²) < 4.78 is 11.8. The second kappa shape index (κ2) is 24.6. The van der Waals surface area contributed by atoms with Gasteiger partial charge in [-0.05, 0) is 99.7 Å².